The van der Waals surface area contributed by atoms with Crippen molar-refractivity contribution >= 4 is 49.3 Å². The summed E-state index contributed by atoms with van der Waals surface area (Å²) in [5.41, 5.74) is 21.8. The molecule has 2 aromatic heterocycles. The molecule has 3 heterocycles. The molecule has 77 heavy (non-hydrogen) atoms. The molecule has 1 aliphatic rings. The van der Waals surface area contributed by atoms with Crippen molar-refractivity contribution in [3.8, 4) is 44.8 Å². The van der Waals surface area contributed by atoms with Crippen molar-refractivity contribution in [2.45, 2.75) is 67.0 Å². The lowest BCUT2D eigenvalue weighted by Crippen LogP contribution is -2.31. The van der Waals surface area contributed by atoms with Gasteiger partial charge in [-0.15, -0.1) is 0 Å². The molecule has 0 spiro atoms. The Morgan fingerprint density at radius 3 is 1.27 bits per heavy atom. The maximum atomic E-state index is 14.8. The molecule has 1 aliphatic heterocycles. The summed E-state index contributed by atoms with van der Waals surface area (Å²) in [5, 5.41) is 4.12. The Hall–Kier alpha value is -8.92. The van der Waals surface area contributed by atoms with E-state index < -0.39 is 17.2 Å². The summed E-state index contributed by atoms with van der Waals surface area (Å²) in [4.78, 5) is 4.20. The fourth-order valence-electron chi connectivity index (χ4n) is 13.1. The van der Waals surface area contributed by atoms with E-state index in [2.05, 4.69) is 214 Å². The highest BCUT2D eigenvalue weighted by Crippen LogP contribution is 2.52. The fraction of sp³-hybridized carbons (Fsp3) is 0.141. The topological polar surface area (TPSA) is 14.2 Å². The molecule has 0 saturated carbocycles. The van der Waals surface area contributed by atoms with Gasteiger partial charge in [-0.3, -0.25) is 0 Å². The number of hydrogen-bond acceptors (Lipinski definition) is 0. The normalized spacial score (nSPS) is 13.0. The van der Waals surface area contributed by atoms with Gasteiger partial charge in [-0.05, 0) is 165 Å². The summed E-state index contributed by atoms with van der Waals surface area (Å²) < 4.78 is 49.1. The third-order valence-corrected chi connectivity index (χ3v) is 16.0. The van der Waals surface area contributed by atoms with Crippen molar-refractivity contribution in [2.24, 2.45) is 0 Å². The Morgan fingerprint density at radius 2 is 0.779 bits per heavy atom. The van der Waals surface area contributed by atoms with E-state index in [0.29, 0.717) is 16.7 Å². The molecule has 0 atom stereocenters. The number of nitrogens with zero attached hydrogens (tertiary/aromatic N) is 3. The summed E-state index contributed by atoms with van der Waals surface area (Å²) in [7, 11) is 0. The Kier molecular flexibility index (Phi) is 10.7. The molecule has 3 nitrogen and oxygen atoms in total. The molecule has 0 N–H and O–H groups in total. The molecule has 0 amide bonds. The third-order valence-electron chi connectivity index (χ3n) is 16.0. The van der Waals surface area contributed by atoms with Gasteiger partial charge in [0.1, 0.15) is 0 Å². The van der Waals surface area contributed by atoms with Crippen molar-refractivity contribution in [3.05, 3.63) is 266 Å². The minimum atomic E-state index is -4.60. The van der Waals surface area contributed by atoms with Crippen LogP contribution in [0.25, 0.3) is 93.2 Å². The highest BCUT2D eigenvalue weighted by molar-refractivity contribution is 6.14. The maximum absolute atomic E-state index is 14.8. The van der Waals surface area contributed by atoms with Crippen molar-refractivity contribution in [1.29, 1.82) is 0 Å². The van der Waals surface area contributed by atoms with Gasteiger partial charge in [0.15, 0.2) is 5.69 Å². The summed E-state index contributed by atoms with van der Waals surface area (Å²) in [6.07, 6.45) is -4.60. The van der Waals surface area contributed by atoms with Crippen LogP contribution < -0.4 is 0 Å². The minimum absolute atomic E-state index is 0.246. The zero-order valence-corrected chi connectivity index (χ0v) is 44.3. The molecule has 0 radical (unpaired) electrons. The van der Waals surface area contributed by atoms with Crippen LogP contribution in [-0.2, 0) is 11.6 Å². The van der Waals surface area contributed by atoms with Crippen LogP contribution >= 0.6 is 0 Å². The van der Waals surface area contributed by atoms with Crippen molar-refractivity contribution in [3.63, 3.8) is 0 Å². The molecule has 0 fully saturated rings. The van der Waals surface area contributed by atoms with Crippen molar-refractivity contribution in [2.75, 3.05) is 0 Å². The molecule has 0 aliphatic carbocycles. The van der Waals surface area contributed by atoms with Crippen molar-refractivity contribution in [1.82, 2.24) is 9.13 Å². The molecule has 6 heteroatoms. The summed E-state index contributed by atoms with van der Waals surface area (Å²) in [5.74, 6) is 0. The first-order valence-corrected chi connectivity index (χ1v) is 26.2. The van der Waals surface area contributed by atoms with E-state index in [1.54, 1.807) is 13.0 Å². The number of rotatable bonds is 5. The van der Waals surface area contributed by atoms with Gasteiger partial charge in [0.2, 0.25) is 0 Å². The Bertz CT molecular complexity index is 4440. The molecular weight excluding hydrogens is 952 g/mol. The summed E-state index contributed by atoms with van der Waals surface area (Å²) in [6, 6.07) is 64.3. The zero-order valence-electron chi connectivity index (χ0n) is 44.3. The molecular formula is C71H54F3N3. The van der Waals surface area contributed by atoms with Crippen LogP contribution in [0.15, 0.2) is 182 Å². The Morgan fingerprint density at radius 1 is 0.364 bits per heavy atom. The van der Waals surface area contributed by atoms with Crippen LogP contribution in [0.5, 0.6) is 0 Å². The lowest BCUT2D eigenvalue weighted by Gasteiger charge is -2.38. The predicted octanol–water partition coefficient (Wildman–Crippen LogP) is 19.6. The first-order valence-electron chi connectivity index (χ1n) is 26.2. The SMILES string of the molecule is [C-]#[N+]c1cc2c(cc1-c1cc(C)cc(C(F)(F)F)c1)-n1c3cc(-c4cc(C)cc(C)c4)ccc3c3ccc(cc31)C(c1cc(C)cc(C)c1)(c1cc(C)cc(C)c1)c1ccc3c4ccc(-c5cccc(C)c5)cc4n-2c3c1. The predicted molar refractivity (Wildman–Crippen MR) is 312 cm³/mol. The van der Waals surface area contributed by atoms with Crippen LogP contribution in [-0.4, -0.2) is 9.13 Å². The van der Waals surface area contributed by atoms with Gasteiger partial charge in [-0.2, -0.15) is 13.2 Å². The number of alkyl halides is 3. The van der Waals surface area contributed by atoms with Gasteiger partial charge in [0, 0.05) is 21.5 Å². The lowest BCUT2D eigenvalue weighted by atomic mass is 9.64. The smallest absolute Gasteiger partial charge is 0.308 e. The number of aromatic nitrogens is 2. The number of halogens is 3. The van der Waals surface area contributed by atoms with Crippen LogP contribution in [0, 0.1) is 62.0 Å². The molecule has 12 aromatic rings. The Labute approximate surface area is 447 Å². The van der Waals surface area contributed by atoms with Crippen LogP contribution in [0.3, 0.4) is 0 Å². The molecule has 13 rings (SSSR count). The standard InChI is InChI=1S/C71H54F3N3/c1-40-11-10-12-48(24-40)49-13-17-58-61-20-16-54-37-67(61)77(64(58)34-49)69-39-63(75-9)62(52-27-47(8)32-57(33-52)71(72,73)74)38-68(69)76-65-35-50(51-25-41(2)21-42(3)26-51)14-18-59(65)60-19-15-53(36-66(60)76)70(54,55-28-43(4)22-44(5)29-55)56-30-45(6)23-46(7)31-56/h10-39H,1-8H3. The van der Waals surface area contributed by atoms with E-state index in [4.69, 9.17) is 6.57 Å². The van der Waals surface area contributed by atoms with Gasteiger partial charge in [0.25, 0.3) is 0 Å². The number of hydrogen-bond donors (Lipinski definition) is 0. The number of aryl methyl sites for hydroxylation is 8. The second kappa shape index (κ2) is 17.3. The summed E-state index contributed by atoms with van der Waals surface area (Å²) in [6.45, 7) is 25.6. The second-order valence-corrected chi connectivity index (χ2v) is 21.9. The molecule has 4 bridgehead atoms. The monoisotopic (exact) mass is 1010 g/mol. The van der Waals surface area contributed by atoms with Crippen LogP contribution in [0.1, 0.15) is 72.3 Å². The van der Waals surface area contributed by atoms with Gasteiger partial charge in [0.05, 0.1) is 51.0 Å². The lowest BCUT2D eigenvalue weighted by molar-refractivity contribution is -0.137. The first-order chi connectivity index (χ1) is 36.9. The molecule has 374 valence electrons. The molecule has 0 unspecified atom stereocenters. The Balaban J connectivity index is 1.29. The largest absolute Gasteiger partial charge is 0.416 e. The van der Waals surface area contributed by atoms with E-state index in [1.807, 2.05) is 12.1 Å². The van der Waals surface area contributed by atoms with E-state index in [-0.39, 0.29) is 5.69 Å². The highest BCUT2D eigenvalue weighted by atomic mass is 19.4. The van der Waals surface area contributed by atoms with Crippen LogP contribution in [0.2, 0.25) is 0 Å². The average molecular weight is 1010 g/mol. The van der Waals surface area contributed by atoms with E-state index in [0.717, 1.165) is 138 Å². The average Bonchev–Trinajstić information content (AvgIpc) is 3.91. The molecule has 0 saturated heterocycles. The van der Waals surface area contributed by atoms with E-state index >= 15 is 0 Å². The highest BCUT2D eigenvalue weighted by Gasteiger charge is 2.41. The van der Waals surface area contributed by atoms with Gasteiger partial charge < -0.3 is 9.13 Å². The van der Waals surface area contributed by atoms with Crippen LogP contribution in [0.4, 0.5) is 18.9 Å². The quantitative estimate of drug-likeness (QED) is 0.153. The number of fused-ring (bicyclic) bond motifs is 11. The first kappa shape index (κ1) is 47.8. The second-order valence-electron chi connectivity index (χ2n) is 21.9. The van der Waals surface area contributed by atoms with E-state index in [9.17, 15) is 13.2 Å². The van der Waals surface area contributed by atoms with Gasteiger partial charge in [-0.1, -0.05) is 172 Å². The maximum Gasteiger partial charge on any atom is 0.416 e. The minimum Gasteiger partial charge on any atom is -0.308 e. The third kappa shape index (κ3) is 7.62. The number of benzene rings is 10. The van der Waals surface area contributed by atoms with E-state index in [1.165, 1.54) is 12.1 Å². The van der Waals surface area contributed by atoms with Gasteiger partial charge >= 0.3 is 6.18 Å². The fourth-order valence-corrected chi connectivity index (χ4v) is 13.1. The molecule has 10 aromatic carbocycles. The summed E-state index contributed by atoms with van der Waals surface area (Å²) >= 11 is 0. The zero-order chi connectivity index (χ0) is 53.4. The van der Waals surface area contributed by atoms with Gasteiger partial charge in [-0.25, -0.2) is 4.85 Å². The van der Waals surface area contributed by atoms with Crippen molar-refractivity contribution < 1.29 is 13.2 Å².